The van der Waals surface area contributed by atoms with Gasteiger partial charge < -0.3 is 10.6 Å². The minimum atomic E-state index is -0.0648. The SMILES string of the molecule is Cc1cccnc1C(=O)NCC1CCNC1.Cl.Cl. The molecule has 102 valence electrons. The quantitative estimate of drug-likeness (QED) is 0.889. The Balaban J connectivity index is 0.00000144. The Labute approximate surface area is 120 Å². The van der Waals surface area contributed by atoms with Gasteiger partial charge >= 0.3 is 0 Å². The van der Waals surface area contributed by atoms with Crippen molar-refractivity contribution >= 4 is 30.7 Å². The van der Waals surface area contributed by atoms with E-state index in [4.69, 9.17) is 0 Å². The molecule has 1 aromatic rings. The minimum Gasteiger partial charge on any atom is -0.350 e. The van der Waals surface area contributed by atoms with Crippen LogP contribution in [0.25, 0.3) is 0 Å². The number of hydrogen-bond donors (Lipinski definition) is 2. The molecule has 0 spiro atoms. The van der Waals surface area contributed by atoms with Crippen LogP contribution >= 0.6 is 24.8 Å². The first kappa shape index (κ1) is 17.2. The number of hydrogen-bond acceptors (Lipinski definition) is 3. The van der Waals surface area contributed by atoms with Crippen LogP contribution in [-0.2, 0) is 0 Å². The highest BCUT2D eigenvalue weighted by molar-refractivity contribution is 5.93. The lowest BCUT2D eigenvalue weighted by Crippen LogP contribution is -2.31. The van der Waals surface area contributed by atoms with Gasteiger partial charge in [-0.1, -0.05) is 6.07 Å². The highest BCUT2D eigenvalue weighted by Crippen LogP contribution is 2.07. The van der Waals surface area contributed by atoms with Crippen molar-refractivity contribution in [3.05, 3.63) is 29.6 Å². The van der Waals surface area contributed by atoms with Crippen molar-refractivity contribution in [2.75, 3.05) is 19.6 Å². The highest BCUT2D eigenvalue weighted by atomic mass is 35.5. The predicted octanol–water partition coefficient (Wildman–Crippen LogP) is 1.57. The molecule has 4 nitrogen and oxygen atoms in total. The van der Waals surface area contributed by atoms with Crippen LogP contribution in [0.1, 0.15) is 22.5 Å². The number of nitrogens with zero attached hydrogens (tertiary/aromatic N) is 1. The number of aryl methyl sites for hydroxylation is 1. The van der Waals surface area contributed by atoms with Crippen LogP contribution in [0.4, 0.5) is 0 Å². The van der Waals surface area contributed by atoms with Crippen LogP contribution in [-0.4, -0.2) is 30.5 Å². The third-order valence-corrected chi connectivity index (χ3v) is 2.94. The molecule has 0 saturated carbocycles. The molecule has 2 N–H and O–H groups in total. The maximum absolute atomic E-state index is 11.8. The molecule has 1 aliphatic rings. The molecule has 0 bridgehead atoms. The summed E-state index contributed by atoms with van der Waals surface area (Å²) in [7, 11) is 0. The largest absolute Gasteiger partial charge is 0.350 e. The van der Waals surface area contributed by atoms with E-state index in [1.54, 1.807) is 6.20 Å². The third-order valence-electron chi connectivity index (χ3n) is 2.94. The smallest absolute Gasteiger partial charge is 0.270 e. The first-order valence-corrected chi connectivity index (χ1v) is 5.68. The molecule has 1 saturated heterocycles. The van der Waals surface area contributed by atoms with Crippen molar-refractivity contribution in [3.8, 4) is 0 Å². The van der Waals surface area contributed by atoms with E-state index in [9.17, 15) is 4.79 Å². The van der Waals surface area contributed by atoms with Crippen molar-refractivity contribution in [3.63, 3.8) is 0 Å². The van der Waals surface area contributed by atoms with Gasteiger partial charge in [-0.15, -0.1) is 24.8 Å². The maximum atomic E-state index is 11.8. The zero-order valence-electron chi connectivity index (χ0n) is 10.3. The molecule has 0 aliphatic carbocycles. The fourth-order valence-corrected chi connectivity index (χ4v) is 1.93. The van der Waals surface area contributed by atoms with E-state index >= 15 is 0 Å². The summed E-state index contributed by atoms with van der Waals surface area (Å²) in [6.07, 6.45) is 2.79. The molecule has 1 atom stereocenters. The van der Waals surface area contributed by atoms with Gasteiger partial charge in [0.1, 0.15) is 5.69 Å². The molecule has 1 aromatic heterocycles. The maximum Gasteiger partial charge on any atom is 0.270 e. The van der Waals surface area contributed by atoms with Crippen molar-refractivity contribution in [1.29, 1.82) is 0 Å². The summed E-state index contributed by atoms with van der Waals surface area (Å²) >= 11 is 0. The number of rotatable bonds is 3. The van der Waals surface area contributed by atoms with E-state index in [-0.39, 0.29) is 30.7 Å². The zero-order chi connectivity index (χ0) is 11.4. The molecule has 1 unspecified atom stereocenters. The highest BCUT2D eigenvalue weighted by Gasteiger charge is 2.16. The van der Waals surface area contributed by atoms with Gasteiger partial charge in [0, 0.05) is 12.7 Å². The molecular weight excluding hydrogens is 273 g/mol. The number of halogens is 2. The lowest BCUT2D eigenvalue weighted by atomic mass is 10.1. The van der Waals surface area contributed by atoms with E-state index in [0.717, 1.165) is 31.6 Å². The summed E-state index contributed by atoms with van der Waals surface area (Å²) in [5.74, 6) is 0.498. The van der Waals surface area contributed by atoms with Crippen molar-refractivity contribution in [2.45, 2.75) is 13.3 Å². The summed E-state index contributed by atoms with van der Waals surface area (Å²) in [6, 6.07) is 3.74. The van der Waals surface area contributed by atoms with Gasteiger partial charge in [-0.2, -0.15) is 0 Å². The second kappa shape index (κ2) is 8.29. The van der Waals surface area contributed by atoms with Crippen LogP contribution in [0.15, 0.2) is 18.3 Å². The van der Waals surface area contributed by atoms with E-state index < -0.39 is 0 Å². The van der Waals surface area contributed by atoms with Gasteiger partial charge in [-0.25, -0.2) is 0 Å². The van der Waals surface area contributed by atoms with E-state index in [2.05, 4.69) is 15.6 Å². The van der Waals surface area contributed by atoms with Crippen LogP contribution in [0.5, 0.6) is 0 Å². The molecule has 2 rings (SSSR count). The lowest BCUT2D eigenvalue weighted by molar-refractivity contribution is 0.0942. The normalized spacial score (nSPS) is 17.5. The zero-order valence-corrected chi connectivity index (χ0v) is 11.9. The topological polar surface area (TPSA) is 54.0 Å². The average Bonchev–Trinajstić information content (AvgIpc) is 2.79. The van der Waals surface area contributed by atoms with Crippen LogP contribution in [0.2, 0.25) is 0 Å². The number of nitrogens with one attached hydrogen (secondary N) is 2. The Morgan fingerprint density at radius 3 is 2.94 bits per heavy atom. The molecule has 1 aliphatic heterocycles. The second-order valence-corrected chi connectivity index (χ2v) is 4.24. The van der Waals surface area contributed by atoms with E-state index in [1.807, 2.05) is 19.1 Å². The van der Waals surface area contributed by atoms with Gasteiger partial charge in [0.25, 0.3) is 5.91 Å². The van der Waals surface area contributed by atoms with Crippen molar-refractivity contribution in [2.24, 2.45) is 5.92 Å². The molecular formula is C12H19Cl2N3O. The molecule has 18 heavy (non-hydrogen) atoms. The average molecular weight is 292 g/mol. The number of carbonyl (C=O) groups excluding carboxylic acids is 1. The van der Waals surface area contributed by atoms with Gasteiger partial charge in [-0.05, 0) is 44.0 Å². The minimum absolute atomic E-state index is 0. The Bertz CT molecular complexity index is 381. The molecule has 1 amide bonds. The first-order valence-electron chi connectivity index (χ1n) is 5.68. The monoisotopic (exact) mass is 291 g/mol. The Hall–Kier alpha value is -0.840. The molecule has 1 fully saturated rings. The summed E-state index contributed by atoms with van der Waals surface area (Å²) in [4.78, 5) is 15.9. The van der Waals surface area contributed by atoms with Crippen LogP contribution < -0.4 is 10.6 Å². The van der Waals surface area contributed by atoms with Crippen LogP contribution in [0.3, 0.4) is 0 Å². The third kappa shape index (κ3) is 4.44. The fourth-order valence-electron chi connectivity index (χ4n) is 1.93. The number of aromatic nitrogens is 1. The Morgan fingerprint density at radius 2 is 2.33 bits per heavy atom. The van der Waals surface area contributed by atoms with Crippen molar-refractivity contribution < 1.29 is 4.79 Å². The van der Waals surface area contributed by atoms with E-state index in [0.29, 0.717) is 11.6 Å². The van der Waals surface area contributed by atoms with Gasteiger partial charge in [-0.3, -0.25) is 9.78 Å². The summed E-state index contributed by atoms with van der Waals surface area (Å²) in [5.41, 5.74) is 1.46. The van der Waals surface area contributed by atoms with Gasteiger partial charge in [0.15, 0.2) is 0 Å². The molecule has 2 heterocycles. The summed E-state index contributed by atoms with van der Waals surface area (Å²) in [5, 5.41) is 6.22. The second-order valence-electron chi connectivity index (χ2n) is 4.24. The Morgan fingerprint density at radius 1 is 1.56 bits per heavy atom. The molecule has 0 aromatic carbocycles. The summed E-state index contributed by atoms with van der Waals surface area (Å²) in [6.45, 7) is 4.70. The first-order chi connectivity index (χ1) is 7.77. The Kier molecular flexibility index (Phi) is 7.91. The van der Waals surface area contributed by atoms with Gasteiger partial charge in [0.05, 0.1) is 0 Å². The standard InChI is InChI=1S/C12H17N3O.2ClH/c1-9-3-2-5-14-11(9)12(16)15-8-10-4-6-13-7-10;;/h2-3,5,10,13H,4,6-8H2,1H3,(H,15,16);2*1H. The number of pyridine rings is 1. The fraction of sp³-hybridized carbons (Fsp3) is 0.500. The molecule has 6 heteroatoms. The van der Waals surface area contributed by atoms with E-state index in [1.165, 1.54) is 0 Å². The number of amides is 1. The van der Waals surface area contributed by atoms with Gasteiger partial charge in [0.2, 0.25) is 0 Å². The predicted molar refractivity (Wildman–Crippen MR) is 76.8 cm³/mol. The molecule has 0 radical (unpaired) electrons. The number of carbonyl (C=O) groups is 1. The van der Waals surface area contributed by atoms with Crippen LogP contribution in [0, 0.1) is 12.8 Å². The summed E-state index contributed by atoms with van der Waals surface area (Å²) < 4.78 is 0. The lowest BCUT2D eigenvalue weighted by Gasteiger charge is -2.10. The van der Waals surface area contributed by atoms with Crippen molar-refractivity contribution in [1.82, 2.24) is 15.6 Å².